The van der Waals surface area contributed by atoms with Gasteiger partial charge in [0.05, 0.1) is 12.7 Å². The molecule has 3 nitrogen and oxygen atoms in total. The first-order valence-corrected chi connectivity index (χ1v) is 8.26. The van der Waals surface area contributed by atoms with Gasteiger partial charge in [-0.25, -0.2) is 4.98 Å². The second-order valence-electron chi connectivity index (χ2n) is 5.43. The molecule has 122 valence electrons. The summed E-state index contributed by atoms with van der Waals surface area (Å²) >= 11 is 5.98. The van der Waals surface area contributed by atoms with Crippen molar-refractivity contribution in [3.8, 4) is 0 Å². The van der Waals surface area contributed by atoms with Crippen molar-refractivity contribution >= 4 is 17.7 Å². The van der Waals surface area contributed by atoms with Crippen LogP contribution in [0.1, 0.15) is 23.1 Å². The van der Waals surface area contributed by atoms with Crippen LogP contribution in [0.15, 0.2) is 73.1 Å². The molecule has 1 unspecified atom stereocenters. The lowest BCUT2D eigenvalue weighted by Gasteiger charge is -2.16. The molecule has 1 aromatic heterocycles. The fraction of sp³-hybridized carbons (Fsp3) is 0.150. The van der Waals surface area contributed by atoms with Crippen molar-refractivity contribution < 1.29 is 4.74 Å². The third-order valence-corrected chi connectivity index (χ3v) is 3.93. The van der Waals surface area contributed by atoms with Gasteiger partial charge in [0.25, 0.3) is 0 Å². The van der Waals surface area contributed by atoms with Gasteiger partial charge >= 0.3 is 0 Å². The van der Waals surface area contributed by atoms with Crippen LogP contribution in [-0.4, -0.2) is 16.6 Å². The molecule has 3 aromatic rings. The summed E-state index contributed by atoms with van der Waals surface area (Å²) in [6, 6.07) is 17.9. The van der Waals surface area contributed by atoms with Gasteiger partial charge in [0, 0.05) is 23.8 Å². The Bertz CT molecular complexity index is 752. The molecule has 0 radical (unpaired) electrons. The highest BCUT2D eigenvalue weighted by molar-refractivity contribution is 6.30. The molecule has 0 saturated carbocycles. The zero-order valence-corrected chi connectivity index (χ0v) is 14.0. The number of hydrogen-bond acceptors (Lipinski definition) is 2. The van der Waals surface area contributed by atoms with Crippen LogP contribution in [0.4, 0.5) is 0 Å². The minimum absolute atomic E-state index is 0.0751. The average Bonchev–Trinajstić information content (AvgIpc) is 3.12. The molecule has 2 aromatic carbocycles. The summed E-state index contributed by atoms with van der Waals surface area (Å²) in [5.74, 6) is 0.905. The van der Waals surface area contributed by atoms with Crippen molar-refractivity contribution in [2.75, 3.05) is 6.61 Å². The number of hydrogen-bond donors (Lipinski definition) is 1. The fourth-order valence-corrected chi connectivity index (χ4v) is 2.58. The van der Waals surface area contributed by atoms with Crippen molar-refractivity contribution in [2.24, 2.45) is 0 Å². The molecule has 24 heavy (non-hydrogen) atoms. The standard InChI is InChI=1S/C20H19ClN2O/c21-18-10-8-17(9-11-18)19(15-20-22-12-13-23-20)24-14-4-7-16-5-2-1-3-6-16/h1-13,19H,14-15H2,(H,22,23)/b7-4+. The largest absolute Gasteiger partial charge is 0.369 e. The van der Waals surface area contributed by atoms with E-state index >= 15 is 0 Å². The topological polar surface area (TPSA) is 37.9 Å². The third-order valence-electron chi connectivity index (χ3n) is 3.68. The molecule has 1 atom stereocenters. The van der Waals surface area contributed by atoms with Gasteiger partial charge in [0.2, 0.25) is 0 Å². The van der Waals surface area contributed by atoms with Crippen LogP contribution in [0, 0.1) is 0 Å². The minimum atomic E-state index is -0.0751. The van der Waals surface area contributed by atoms with Gasteiger partial charge in [-0.15, -0.1) is 0 Å². The number of nitrogens with zero attached hydrogens (tertiary/aromatic N) is 1. The molecule has 0 fully saturated rings. The Morgan fingerprint density at radius 3 is 2.58 bits per heavy atom. The maximum atomic E-state index is 6.07. The molecule has 1 N–H and O–H groups in total. The summed E-state index contributed by atoms with van der Waals surface area (Å²) in [4.78, 5) is 7.43. The van der Waals surface area contributed by atoms with E-state index in [0.717, 1.165) is 22.0 Å². The summed E-state index contributed by atoms with van der Waals surface area (Å²) in [6.07, 6.45) is 8.28. The van der Waals surface area contributed by atoms with Gasteiger partial charge in [-0.1, -0.05) is 66.2 Å². The molecule has 0 bridgehead atoms. The fourth-order valence-electron chi connectivity index (χ4n) is 2.46. The predicted molar refractivity (Wildman–Crippen MR) is 97.9 cm³/mol. The molecule has 0 spiro atoms. The van der Waals surface area contributed by atoms with Crippen LogP contribution >= 0.6 is 11.6 Å². The molecular weight excluding hydrogens is 320 g/mol. The maximum absolute atomic E-state index is 6.07. The highest BCUT2D eigenvalue weighted by Gasteiger charge is 2.14. The first-order valence-electron chi connectivity index (χ1n) is 7.88. The van der Waals surface area contributed by atoms with E-state index in [1.165, 1.54) is 0 Å². The van der Waals surface area contributed by atoms with Gasteiger partial charge in [-0.2, -0.15) is 0 Å². The highest BCUT2D eigenvalue weighted by atomic mass is 35.5. The molecule has 3 rings (SSSR count). The molecule has 0 saturated heterocycles. The molecule has 0 aliphatic heterocycles. The predicted octanol–water partition coefficient (Wildman–Crippen LogP) is 5.08. The second kappa shape index (κ2) is 8.48. The Morgan fingerprint density at radius 2 is 1.88 bits per heavy atom. The summed E-state index contributed by atoms with van der Waals surface area (Å²) in [7, 11) is 0. The highest BCUT2D eigenvalue weighted by Crippen LogP contribution is 2.23. The zero-order valence-electron chi connectivity index (χ0n) is 13.2. The number of imidazole rings is 1. The Morgan fingerprint density at radius 1 is 1.08 bits per heavy atom. The SMILES string of the molecule is Clc1ccc(C(Cc2ncc[nH]2)OC/C=C/c2ccccc2)cc1. The van der Waals surface area contributed by atoms with Crippen LogP contribution < -0.4 is 0 Å². The van der Waals surface area contributed by atoms with E-state index < -0.39 is 0 Å². The van der Waals surface area contributed by atoms with E-state index in [-0.39, 0.29) is 6.10 Å². The first-order chi connectivity index (χ1) is 11.8. The van der Waals surface area contributed by atoms with Gasteiger partial charge < -0.3 is 9.72 Å². The smallest absolute Gasteiger partial charge is 0.108 e. The molecule has 1 heterocycles. The van der Waals surface area contributed by atoms with Gasteiger partial charge in [0.1, 0.15) is 5.82 Å². The van der Waals surface area contributed by atoms with Crippen LogP contribution in [0.2, 0.25) is 5.02 Å². The van der Waals surface area contributed by atoms with E-state index in [4.69, 9.17) is 16.3 Å². The first kappa shape index (κ1) is 16.5. The lowest BCUT2D eigenvalue weighted by Crippen LogP contribution is -2.09. The number of ether oxygens (including phenoxy) is 1. The number of benzene rings is 2. The summed E-state index contributed by atoms with van der Waals surface area (Å²) < 4.78 is 6.07. The minimum Gasteiger partial charge on any atom is -0.369 e. The number of rotatable bonds is 7. The Kier molecular flexibility index (Phi) is 5.83. The molecular formula is C20H19ClN2O. The van der Waals surface area contributed by atoms with Gasteiger partial charge in [-0.05, 0) is 23.3 Å². The van der Waals surface area contributed by atoms with Crippen LogP contribution in [0.5, 0.6) is 0 Å². The van der Waals surface area contributed by atoms with Crippen molar-refractivity contribution in [1.29, 1.82) is 0 Å². The van der Waals surface area contributed by atoms with Crippen LogP contribution in [0.3, 0.4) is 0 Å². The lowest BCUT2D eigenvalue weighted by molar-refractivity contribution is 0.0733. The lowest BCUT2D eigenvalue weighted by atomic mass is 10.1. The average molecular weight is 339 g/mol. The maximum Gasteiger partial charge on any atom is 0.108 e. The third kappa shape index (κ3) is 4.82. The second-order valence-corrected chi connectivity index (χ2v) is 5.86. The van der Waals surface area contributed by atoms with E-state index in [1.807, 2.05) is 54.7 Å². The molecule has 0 aliphatic carbocycles. The molecule has 0 amide bonds. The van der Waals surface area contributed by atoms with Crippen molar-refractivity contribution in [3.63, 3.8) is 0 Å². The zero-order chi connectivity index (χ0) is 16.6. The Hall–Kier alpha value is -2.36. The van der Waals surface area contributed by atoms with Gasteiger partial charge in [0.15, 0.2) is 0 Å². The van der Waals surface area contributed by atoms with E-state index in [0.29, 0.717) is 13.0 Å². The molecule has 4 heteroatoms. The summed E-state index contributed by atoms with van der Waals surface area (Å²) in [5.41, 5.74) is 2.25. The van der Waals surface area contributed by atoms with E-state index in [2.05, 4.69) is 28.2 Å². The van der Waals surface area contributed by atoms with E-state index in [9.17, 15) is 0 Å². The quantitative estimate of drug-likeness (QED) is 0.652. The number of halogens is 1. The summed E-state index contributed by atoms with van der Waals surface area (Å²) in [5, 5.41) is 0.722. The number of aromatic amines is 1. The van der Waals surface area contributed by atoms with Crippen LogP contribution in [0.25, 0.3) is 6.08 Å². The van der Waals surface area contributed by atoms with E-state index in [1.54, 1.807) is 6.20 Å². The Labute approximate surface area is 147 Å². The van der Waals surface area contributed by atoms with Gasteiger partial charge in [-0.3, -0.25) is 0 Å². The van der Waals surface area contributed by atoms with Crippen molar-refractivity contribution in [2.45, 2.75) is 12.5 Å². The van der Waals surface area contributed by atoms with Crippen molar-refractivity contribution in [1.82, 2.24) is 9.97 Å². The summed E-state index contributed by atoms with van der Waals surface area (Å²) in [6.45, 7) is 0.531. The van der Waals surface area contributed by atoms with Crippen molar-refractivity contribution in [3.05, 3.63) is 95.0 Å². The number of nitrogens with one attached hydrogen (secondary N) is 1. The Balaban J connectivity index is 1.65. The number of aromatic nitrogens is 2. The molecule has 0 aliphatic rings. The monoisotopic (exact) mass is 338 g/mol. The van der Waals surface area contributed by atoms with Crippen LogP contribution in [-0.2, 0) is 11.2 Å². The number of H-pyrrole nitrogens is 1. The normalized spacial score (nSPS) is 12.5.